The van der Waals surface area contributed by atoms with Crippen LogP contribution in [0.15, 0.2) is 18.2 Å². The van der Waals surface area contributed by atoms with Crippen molar-refractivity contribution in [1.82, 2.24) is 4.90 Å². The fraction of sp³-hybridized carbons (Fsp3) is 0.500. The van der Waals surface area contributed by atoms with Crippen molar-refractivity contribution in [2.45, 2.75) is 18.9 Å². The maximum absolute atomic E-state index is 5.96. The Morgan fingerprint density at radius 2 is 1.94 bits per heavy atom. The van der Waals surface area contributed by atoms with Crippen molar-refractivity contribution in [3.05, 3.63) is 28.2 Å². The number of hydrogen-bond donors (Lipinski definition) is 1. The Labute approximate surface area is 107 Å². The van der Waals surface area contributed by atoms with Crippen molar-refractivity contribution in [2.24, 2.45) is 0 Å². The Bertz CT molecular complexity index is 348. The number of halogens is 2. The lowest BCUT2D eigenvalue weighted by atomic mass is 10.1. The molecule has 1 unspecified atom stereocenters. The molecule has 2 rings (SSSR count). The SMILES string of the molecule is CN1CCCC(Nc2cc(Cl)cc(Cl)c2)C1. The van der Waals surface area contributed by atoms with Gasteiger partial charge in [0.05, 0.1) is 0 Å². The lowest BCUT2D eigenvalue weighted by Crippen LogP contribution is -2.39. The zero-order chi connectivity index (χ0) is 11.5. The number of likely N-dealkylation sites (tertiary alicyclic amines) is 1. The minimum atomic E-state index is 0.494. The number of hydrogen-bond acceptors (Lipinski definition) is 2. The highest BCUT2D eigenvalue weighted by Crippen LogP contribution is 2.24. The molecule has 1 aromatic carbocycles. The maximum atomic E-state index is 5.96. The van der Waals surface area contributed by atoms with Gasteiger partial charge in [0.15, 0.2) is 0 Å². The van der Waals surface area contributed by atoms with Gasteiger partial charge < -0.3 is 10.2 Å². The van der Waals surface area contributed by atoms with Gasteiger partial charge in [-0.3, -0.25) is 0 Å². The fourth-order valence-corrected chi connectivity index (χ4v) is 2.68. The second kappa shape index (κ2) is 5.26. The molecular formula is C12H16Cl2N2. The van der Waals surface area contributed by atoms with Gasteiger partial charge in [-0.2, -0.15) is 0 Å². The minimum absolute atomic E-state index is 0.494. The number of benzene rings is 1. The van der Waals surface area contributed by atoms with Crippen LogP contribution in [0.25, 0.3) is 0 Å². The minimum Gasteiger partial charge on any atom is -0.381 e. The summed E-state index contributed by atoms with van der Waals surface area (Å²) in [6, 6.07) is 6.08. The van der Waals surface area contributed by atoms with E-state index in [1.165, 1.54) is 19.4 Å². The number of piperidine rings is 1. The van der Waals surface area contributed by atoms with Crippen molar-refractivity contribution in [3.8, 4) is 0 Å². The Morgan fingerprint density at radius 3 is 2.56 bits per heavy atom. The number of rotatable bonds is 2. The van der Waals surface area contributed by atoms with Crippen LogP contribution in [-0.2, 0) is 0 Å². The summed E-state index contributed by atoms with van der Waals surface area (Å²) in [5.41, 5.74) is 1.01. The van der Waals surface area contributed by atoms with E-state index in [1.807, 2.05) is 12.1 Å². The van der Waals surface area contributed by atoms with Crippen molar-refractivity contribution in [2.75, 3.05) is 25.5 Å². The van der Waals surface area contributed by atoms with Crippen LogP contribution in [-0.4, -0.2) is 31.1 Å². The average molecular weight is 259 g/mol. The van der Waals surface area contributed by atoms with Gasteiger partial charge in [0.1, 0.15) is 0 Å². The Kier molecular flexibility index (Phi) is 3.95. The second-order valence-corrected chi connectivity index (χ2v) is 5.28. The highest BCUT2D eigenvalue weighted by molar-refractivity contribution is 6.35. The van der Waals surface area contributed by atoms with Crippen LogP contribution >= 0.6 is 23.2 Å². The van der Waals surface area contributed by atoms with E-state index in [4.69, 9.17) is 23.2 Å². The second-order valence-electron chi connectivity index (χ2n) is 4.40. The highest BCUT2D eigenvalue weighted by Gasteiger charge is 2.16. The molecule has 1 aromatic rings. The summed E-state index contributed by atoms with van der Waals surface area (Å²) in [7, 11) is 2.15. The van der Waals surface area contributed by atoms with Gasteiger partial charge in [0.2, 0.25) is 0 Å². The maximum Gasteiger partial charge on any atom is 0.0441 e. The third kappa shape index (κ3) is 3.27. The van der Waals surface area contributed by atoms with Crippen LogP contribution < -0.4 is 5.32 Å². The summed E-state index contributed by atoms with van der Waals surface area (Å²) < 4.78 is 0. The molecule has 0 aromatic heterocycles. The van der Waals surface area contributed by atoms with Crippen LogP contribution in [0.5, 0.6) is 0 Å². The van der Waals surface area contributed by atoms with Crippen molar-refractivity contribution in [1.29, 1.82) is 0 Å². The summed E-state index contributed by atoms with van der Waals surface area (Å²) in [6.45, 7) is 2.26. The lowest BCUT2D eigenvalue weighted by molar-refractivity contribution is 0.261. The first kappa shape index (κ1) is 12.0. The van der Waals surface area contributed by atoms with E-state index in [9.17, 15) is 0 Å². The smallest absolute Gasteiger partial charge is 0.0441 e. The molecule has 1 aliphatic rings. The topological polar surface area (TPSA) is 15.3 Å². The van der Waals surface area contributed by atoms with Crippen molar-refractivity contribution < 1.29 is 0 Å². The fourth-order valence-electron chi connectivity index (χ4n) is 2.16. The van der Waals surface area contributed by atoms with Crippen LogP contribution in [0.2, 0.25) is 10.0 Å². The van der Waals surface area contributed by atoms with E-state index < -0.39 is 0 Å². The predicted octanol–water partition coefficient (Wildman–Crippen LogP) is 3.50. The van der Waals surface area contributed by atoms with Gasteiger partial charge in [-0.15, -0.1) is 0 Å². The summed E-state index contributed by atoms with van der Waals surface area (Å²) in [5, 5.41) is 4.84. The number of nitrogens with one attached hydrogen (secondary N) is 1. The molecule has 0 amide bonds. The van der Waals surface area contributed by atoms with Gasteiger partial charge in [0, 0.05) is 28.3 Å². The average Bonchev–Trinajstić information content (AvgIpc) is 2.15. The molecule has 2 nitrogen and oxygen atoms in total. The Hall–Kier alpha value is -0.440. The van der Waals surface area contributed by atoms with Gasteiger partial charge >= 0.3 is 0 Å². The summed E-state index contributed by atoms with van der Waals surface area (Å²) in [4.78, 5) is 2.34. The zero-order valence-corrected chi connectivity index (χ0v) is 10.9. The standard InChI is InChI=1S/C12H16Cl2N2/c1-16-4-2-3-11(8-16)15-12-6-9(13)5-10(14)7-12/h5-7,11,15H,2-4,8H2,1H3. The molecule has 1 aliphatic heterocycles. The van der Waals surface area contributed by atoms with E-state index >= 15 is 0 Å². The zero-order valence-electron chi connectivity index (χ0n) is 9.34. The molecular weight excluding hydrogens is 243 g/mol. The molecule has 1 N–H and O–H groups in total. The normalized spacial score (nSPS) is 22.1. The van der Waals surface area contributed by atoms with Crippen LogP contribution in [0.1, 0.15) is 12.8 Å². The first-order chi connectivity index (χ1) is 7.63. The van der Waals surface area contributed by atoms with E-state index in [1.54, 1.807) is 6.07 Å². The largest absolute Gasteiger partial charge is 0.381 e. The molecule has 1 fully saturated rings. The summed E-state index contributed by atoms with van der Waals surface area (Å²) >= 11 is 11.9. The molecule has 0 spiro atoms. The van der Waals surface area contributed by atoms with E-state index in [0.29, 0.717) is 16.1 Å². The first-order valence-corrected chi connectivity index (χ1v) is 6.30. The number of anilines is 1. The number of likely N-dealkylation sites (N-methyl/N-ethyl adjacent to an activating group) is 1. The number of nitrogens with zero attached hydrogens (tertiary/aromatic N) is 1. The molecule has 88 valence electrons. The summed E-state index contributed by atoms with van der Waals surface area (Å²) in [5.74, 6) is 0. The molecule has 0 bridgehead atoms. The lowest BCUT2D eigenvalue weighted by Gasteiger charge is -2.31. The van der Waals surface area contributed by atoms with Gasteiger partial charge in [-0.1, -0.05) is 23.2 Å². The first-order valence-electron chi connectivity index (χ1n) is 5.54. The molecule has 4 heteroatoms. The molecule has 0 aliphatic carbocycles. The third-order valence-electron chi connectivity index (χ3n) is 2.86. The van der Waals surface area contributed by atoms with Gasteiger partial charge in [0.25, 0.3) is 0 Å². The molecule has 1 atom stereocenters. The molecule has 0 radical (unpaired) electrons. The van der Waals surface area contributed by atoms with Crippen LogP contribution in [0, 0.1) is 0 Å². The monoisotopic (exact) mass is 258 g/mol. The van der Waals surface area contributed by atoms with E-state index in [0.717, 1.165) is 12.2 Å². The predicted molar refractivity (Wildman–Crippen MR) is 70.6 cm³/mol. The van der Waals surface area contributed by atoms with Crippen LogP contribution in [0.4, 0.5) is 5.69 Å². The molecule has 1 saturated heterocycles. The van der Waals surface area contributed by atoms with Gasteiger partial charge in [-0.05, 0) is 44.6 Å². The molecule has 1 heterocycles. The van der Waals surface area contributed by atoms with E-state index in [2.05, 4.69) is 17.3 Å². The summed E-state index contributed by atoms with van der Waals surface area (Å²) in [6.07, 6.45) is 2.44. The molecule has 16 heavy (non-hydrogen) atoms. The van der Waals surface area contributed by atoms with Gasteiger partial charge in [-0.25, -0.2) is 0 Å². The van der Waals surface area contributed by atoms with Crippen molar-refractivity contribution >= 4 is 28.9 Å². The molecule has 0 saturated carbocycles. The Morgan fingerprint density at radius 1 is 1.25 bits per heavy atom. The quantitative estimate of drug-likeness (QED) is 0.874. The third-order valence-corrected chi connectivity index (χ3v) is 3.29. The van der Waals surface area contributed by atoms with Crippen LogP contribution in [0.3, 0.4) is 0 Å². The van der Waals surface area contributed by atoms with E-state index in [-0.39, 0.29) is 0 Å². The Balaban J connectivity index is 2.02. The van der Waals surface area contributed by atoms with Crippen molar-refractivity contribution in [3.63, 3.8) is 0 Å². The highest BCUT2D eigenvalue weighted by atomic mass is 35.5.